The summed E-state index contributed by atoms with van der Waals surface area (Å²) in [6, 6.07) is 19.4. The molecule has 1 saturated carbocycles. The molecule has 37 heavy (non-hydrogen) atoms. The smallest absolute Gasteiger partial charge is 0.258 e. The maximum absolute atomic E-state index is 13.5. The molecule has 0 unspecified atom stereocenters. The second-order valence-corrected chi connectivity index (χ2v) is 10.4. The van der Waals surface area contributed by atoms with Gasteiger partial charge < -0.3 is 15.1 Å². The number of aryl methyl sites for hydroxylation is 1. The zero-order valence-corrected chi connectivity index (χ0v) is 21.7. The third-order valence-electron chi connectivity index (χ3n) is 7.73. The topological polar surface area (TPSA) is 69.7 Å². The molecule has 1 aliphatic heterocycles. The molecule has 0 saturated heterocycles. The van der Waals surface area contributed by atoms with Crippen molar-refractivity contribution in [2.45, 2.75) is 71.0 Å². The first-order valence-corrected chi connectivity index (χ1v) is 13.4. The van der Waals surface area contributed by atoms with Gasteiger partial charge in [0.05, 0.1) is 5.69 Å². The van der Waals surface area contributed by atoms with Crippen molar-refractivity contribution in [1.82, 2.24) is 10.2 Å². The van der Waals surface area contributed by atoms with Crippen LogP contribution in [0.5, 0.6) is 0 Å². The summed E-state index contributed by atoms with van der Waals surface area (Å²) in [6.07, 6.45) is 5.07. The van der Waals surface area contributed by atoms with Gasteiger partial charge in [0.25, 0.3) is 5.91 Å². The van der Waals surface area contributed by atoms with Gasteiger partial charge in [0.15, 0.2) is 0 Å². The van der Waals surface area contributed by atoms with E-state index in [1.54, 1.807) is 9.80 Å². The number of carbonyl (C=O) groups is 3. The summed E-state index contributed by atoms with van der Waals surface area (Å²) >= 11 is 0. The van der Waals surface area contributed by atoms with Crippen molar-refractivity contribution in [2.75, 3.05) is 11.4 Å². The Labute approximate surface area is 218 Å². The van der Waals surface area contributed by atoms with Crippen molar-refractivity contribution in [3.63, 3.8) is 0 Å². The normalized spacial score (nSPS) is 15.8. The van der Waals surface area contributed by atoms with Crippen LogP contribution >= 0.6 is 0 Å². The van der Waals surface area contributed by atoms with E-state index in [4.69, 9.17) is 0 Å². The molecule has 192 valence electrons. The number of benzene rings is 3. The highest BCUT2D eigenvalue weighted by atomic mass is 16.2. The van der Waals surface area contributed by atoms with E-state index in [1.165, 1.54) is 0 Å². The van der Waals surface area contributed by atoms with Crippen molar-refractivity contribution in [1.29, 1.82) is 0 Å². The van der Waals surface area contributed by atoms with Gasteiger partial charge in [-0.15, -0.1) is 0 Å². The minimum atomic E-state index is -0.569. The molecule has 1 atom stereocenters. The summed E-state index contributed by atoms with van der Waals surface area (Å²) in [6.45, 7) is 4.68. The Morgan fingerprint density at radius 3 is 2.54 bits per heavy atom. The highest BCUT2D eigenvalue weighted by Gasteiger charge is 2.31. The lowest BCUT2D eigenvalue weighted by Gasteiger charge is -2.30. The van der Waals surface area contributed by atoms with Crippen molar-refractivity contribution < 1.29 is 14.4 Å². The predicted molar refractivity (Wildman–Crippen MR) is 146 cm³/mol. The Bertz CT molecular complexity index is 1320. The first-order chi connectivity index (χ1) is 17.9. The van der Waals surface area contributed by atoms with Crippen LogP contribution in [0.4, 0.5) is 5.69 Å². The summed E-state index contributed by atoms with van der Waals surface area (Å²) in [4.78, 5) is 43.2. The van der Waals surface area contributed by atoms with Gasteiger partial charge in [-0.1, -0.05) is 66.9 Å². The average Bonchev–Trinajstić information content (AvgIpc) is 3.50. The molecule has 0 radical (unpaired) electrons. The van der Waals surface area contributed by atoms with E-state index in [0.717, 1.165) is 58.8 Å². The number of anilines is 1. The molecular weight excluding hydrogens is 462 g/mol. The van der Waals surface area contributed by atoms with Crippen molar-refractivity contribution >= 4 is 34.2 Å². The number of amides is 3. The third-order valence-corrected chi connectivity index (χ3v) is 7.73. The molecule has 0 spiro atoms. The number of nitrogens with one attached hydrogen (secondary N) is 1. The molecule has 1 heterocycles. The van der Waals surface area contributed by atoms with Crippen LogP contribution in [0.1, 0.15) is 66.9 Å². The molecule has 1 N–H and O–H groups in total. The maximum Gasteiger partial charge on any atom is 0.258 e. The second-order valence-electron chi connectivity index (χ2n) is 10.4. The Kier molecular flexibility index (Phi) is 7.26. The van der Waals surface area contributed by atoms with Gasteiger partial charge in [-0.3, -0.25) is 14.4 Å². The number of hydrogen-bond donors (Lipinski definition) is 1. The SMILES string of the molecule is Cc1cccc(CN(C(=O)CCCN2C(=O)c3cccc4cccc2c34)[C@H](C)C(=O)NC2CCCC2)c1. The van der Waals surface area contributed by atoms with Gasteiger partial charge in [-0.2, -0.15) is 0 Å². The van der Waals surface area contributed by atoms with Crippen LogP contribution in [0.3, 0.4) is 0 Å². The molecule has 1 fully saturated rings. The molecular formula is C31H35N3O3. The van der Waals surface area contributed by atoms with Crippen LogP contribution in [-0.2, 0) is 16.1 Å². The monoisotopic (exact) mass is 497 g/mol. The second kappa shape index (κ2) is 10.8. The Morgan fingerprint density at radius 1 is 1.05 bits per heavy atom. The summed E-state index contributed by atoms with van der Waals surface area (Å²) in [7, 11) is 0. The van der Waals surface area contributed by atoms with Gasteiger partial charge in [-0.05, 0) is 56.2 Å². The average molecular weight is 498 g/mol. The predicted octanol–water partition coefficient (Wildman–Crippen LogP) is 5.36. The molecule has 3 aromatic carbocycles. The largest absolute Gasteiger partial charge is 0.352 e. The Balaban J connectivity index is 1.27. The summed E-state index contributed by atoms with van der Waals surface area (Å²) in [5.41, 5.74) is 3.75. The fourth-order valence-electron chi connectivity index (χ4n) is 5.71. The van der Waals surface area contributed by atoms with Crippen molar-refractivity contribution in [2.24, 2.45) is 0 Å². The zero-order valence-electron chi connectivity index (χ0n) is 21.7. The van der Waals surface area contributed by atoms with Gasteiger partial charge in [0, 0.05) is 36.5 Å². The molecule has 3 aromatic rings. The van der Waals surface area contributed by atoms with Gasteiger partial charge in [0.2, 0.25) is 11.8 Å². The lowest BCUT2D eigenvalue weighted by atomic mass is 10.1. The number of rotatable bonds is 9. The highest BCUT2D eigenvalue weighted by molar-refractivity contribution is 6.25. The molecule has 3 amide bonds. The molecule has 0 aromatic heterocycles. The molecule has 5 rings (SSSR count). The maximum atomic E-state index is 13.5. The van der Waals surface area contributed by atoms with E-state index in [-0.39, 0.29) is 30.2 Å². The first-order valence-electron chi connectivity index (χ1n) is 13.4. The molecule has 1 aliphatic carbocycles. The lowest BCUT2D eigenvalue weighted by Crippen LogP contribution is -2.49. The van der Waals surface area contributed by atoms with E-state index in [2.05, 4.69) is 11.4 Å². The third kappa shape index (κ3) is 5.24. The van der Waals surface area contributed by atoms with E-state index >= 15 is 0 Å². The quantitative estimate of drug-likeness (QED) is 0.432. The van der Waals surface area contributed by atoms with Crippen LogP contribution in [0, 0.1) is 6.92 Å². The van der Waals surface area contributed by atoms with E-state index < -0.39 is 6.04 Å². The number of nitrogens with zero attached hydrogens (tertiary/aromatic N) is 2. The number of hydrogen-bond acceptors (Lipinski definition) is 3. The standard InChI is InChI=1S/C31H35N3O3/c1-21-9-5-10-23(19-21)20-34(22(2)30(36)32-25-13-3-4-14-25)28(35)17-8-18-33-27-16-7-12-24-11-6-15-26(29(24)27)31(33)37/h5-7,9-12,15-16,19,22,25H,3-4,8,13-14,17-18,20H2,1-2H3,(H,32,36)/t22-/m1/s1. The van der Waals surface area contributed by atoms with E-state index in [1.807, 2.05) is 68.4 Å². The summed E-state index contributed by atoms with van der Waals surface area (Å²) < 4.78 is 0. The molecule has 2 aliphatic rings. The van der Waals surface area contributed by atoms with Gasteiger partial charge >= 0.3 is 0 Å². The van der Waals surface area contributed by atoms with E-state index in [0.29, 0.717) is 19.5 Å². The highest BCUT2D eigenvalue weighted by Crippen LogP contribution is 2.37. The summed E-state index contributed by atoms with van der Waals surface area (Å²) in [5.74, 6) is -0.178. The van der Waals surface area contributed by atoms with E-state index in [9.17, 15) is 14.4 Å². The van der Waals surface area contributed by atoms with Crippen molar-refractivity contribution in [3.8, 4) is 0 Å². The molecule has 6 heteroatoms. The fraction of sp³-hybridized carbons (Fsp3) is 0.387. The van der Waals surface area contributed by atoms with Gasteiger partial charge in [-0.25, -0.2) is 0 Å². The molecule has 0 bridgehead atoms. The summed E-state index contributed by atoms with van der Waals surface area (Å²) in [5, 5.41) is 5.19. The van der Waals surface area contributed by atoms with Crippen LogP contribution in [-0.4, -0.2) is 41.2 Å². The minimum Gasteiger partial charge on any atom is -0.352 e. The van der Waals surface area contributed by atoms with Crippen molar-refractivity contribution in [3.05, 3.63) is 77.4 Å². The van der Waals surface area contributed by atoms with Crippen LogP contribution in [0.2, 0.25) is 0 Å². The number of carbonyl (C=O) groups excluding carboxylic acids is 3. The Morgan fingerprint density at radius 2 is 1.78 bits per heavy atom. The minimum absolute atomic E-state index is 0.0137. The van der Waals surface area contributed by atoms with Gasteiger partial charge in [0.1, 0.15) is 6.04 Å². The zero-order chi connectivity index (χ0) is 25.9. The lowest BCUT2D eigenvalue weighted by molar-refractivity contribution is -0.141. The molecule has 6 nitrogen and oxygen atoms in total. The first kappa shape index (κ1) is 25.0. The van der Waals surface area contributed by atoms with Crippen LogP contribution in [0.25, 0.3) is 10.8 Å². The van der Waals surface area contributed by atoms with Crippen LogP contribution in [0.15, 0.2) is 60.7 Å². The van der Waals surface area contributed by atoms with Crippen LogP contribution < -0.4 is 10.2 Å². The fourth-order valence-corrected chi connectivity index (χ4v) is 5.71. The Hall–Kier alpha value is -3.67.